The predicted octanol–water partition coefficient (Wildman–Crippen LogP) is 3.53. The van der Waals surface area contributed by atoms with Crippen molar-refractivity contribution in [3.05, 3.63) is 23.3 Å². The molecule has 0 saturated carbocycles. The summed E-state index contributed by atoms with van der Waals surface area (Å²) < 4.78 is 44.9. The Balaban J connectivity index is 3.44. The Morgan fingerprint density at radius 3 is 2.35 bits per heavy atom. The van der Waals surface area contributed by atoms with E-state index in [0.29, 0.717) is 17.7 Å². The Kier molecular flexibility index (Phi) is 4.91. The highest BCUT2D eigenvalue weighted by molar-refractivity contribution is 5.56. The fraction of sp³-hybridized carbons (Fsp3) is 0.571. The minimum atomic E-state index is -4.78. The van der Waals surface area contributed by atoms with Crippen LogP contribution in [0.1, 0.15) is 37.3 Å². The fourth-order valence-corrected chi connectivity index (χ4v) is 2.06. The maximum Gasteiger partial charge on any atom is 0.421 e. The van der Waals surface area contributed by atoms with Gasteiger partial charge in [-0.1, -0.05) is 19.8 Å². The zero-order valence-corrected chi connectivity index (χ0v) is 11.8. The van der Waals surface area contributed by atoms with Crippen LogP contribution >= 0.6 is 0 Å². The lowest BCUT2D eigenvalue weighted by atomic mass is 9.86. The molecule has 0 bridgehead atoms. The zero-order chi connectivity index (χ0) is 15.6. The normalized spacial score (nSPS) is 14.9. The van der Waals surface area contributed by atoms with E-state index < -0.39 is 18.2 Å². The molecule has 0 radical (unpaired) electrons. The Labute approximate surface area is 116 Å². The molecule has 20 heavy (non-hydrogen) atoms. The summed E-state index contributed by atoms with van der Waals surface area (Å²) >= 11 is 0. The summed E-state index contributed by atoms with van der Waals surface area (Å²) in [4.78, 5) is 0. The molecular formula is C14H20F3NO2. The fourth-order valence-electron chi connectivity index (χ4n) is 2.06. The molecule has 1 atom stereocenters. The van der Waals surface area contributed by atoms with Gasteiger partial charge in [-0.25, -0.2) is 0 Å². The highest BCUT2D eigenvalue weighted by atomic mass is 19.4. The second-order valence-corrected chi connectivity index (χ2v) is 4.87. The van der Waals surface area contributed by atoms with E-state index in [0.717, 1.165) is 0 Å². The second-order valence-electron chi connectivity index (χ2n) is 4.87. The highest BCUT2D eigenvalue weighted by Crippen LogP contribution is 2.46. The van der Waals surface area contributed by atoms with Crippen LogP contribution in [0.4, 0.5) is 18.9 Å². The van der Waals surface area contributed by atoms with Crippen LogP contribution in [0, 0.1) is 6.92 Å². The molecule has 3 nitrogen and oxygen atoms in total. The van der Waals surface area contributed by atoms with Crippen molar-refractivity contribution in [2.24, 2.45) is 0 Å². The van der Waals surface area contributed by atoms with E-state index in [-0.39, 0.29) is 17.7 Å². The first-order valence-electron chi connectivity index (χ1n) is 6.41. The molecule has 1 unspecified atom stereocenters. The first-order valence-corrected chi connectivity index (χ1v) is 6.41. The number of unbranched alkanes of at least 4 members (excludes halogenated alkanes) is 1. The van der Waals surface area contributed by atoms with Crippen molar-refractivity contribution in [2.45, 2.75) is 44.9 Å². The number of methoxy groups -OCH3 is 1. The molecule has 3 N–H and O–H groups in total. The number of hydrogen-bond acceptors (Lipinski definition) is 3. The topological polar surface area (TPSA) is 55.5 Å². The number of anilines is 1. The summed E-state index contributed by atoms with van der Waals surface area (Å²) in [6.07, 6.45) is -4.39. The molecule has 0 saturated heterocycles. The summed E-state index contributed by atoms with van der Waals surface area (Å²) in [7, 11) is 1.25. The standard InChI is InChI=1S/C14H20F3NO2/c1-4-5-6-13(19,14(15,16)17)10-7-9(2)11(18)8-12(10)20-3/h7-8,19H,4-6,18H2,1-3H3. The van der Waals surface area contributed by atoms with Crippen molar-refractivity contribution in [2.75, 3.05) is 12.8 Å². The van der Waals surface area contributed by atoms with Gasteiger partial charge in [-0.05, 0) is 25.0 Å². The molecule has 0 fully saturated rings. The van der Waals surface area contributed by atoms with Crippen LogP contribution in [-0.2, 0) is 5.60 Å². The van der Waals surface area contributed by atoms with Gasteiger partial charge in [-0.15, -0.1) is 0 Å². The Bertz CT molecular complexity index is 474. The van der Waals surface area contributed by atoms with Crippen molar-refractivity contribution in [3.63, 3.8) is 0 Å². The predicted molar refractivity (Wildman–Crippen MR) is 71.6 cm³/mol. The molecule has 1 aromatic rings. The van der Waals surface area contributed by atoms with Gasteiger partial charge >= 0.3 is 6.18 Å². The lowest BCUT2D eigenvalue weighted by Crippen LogP contribution is -2.42. The van der Waals surface area contributed by atoms with Gasteiger partial charge in [0, 0.05) is 17.3 Å². The smallest absolute Gasteiger partial charge is 0.421 e. The summed E-state index contributed by atoms with van der Waals surface area (Å²) in [5.74, 6) is -0.0518. The number of aryl methyl sites for hydroxylation is 1. The Hall–Kier alpha value is -1.43. The molecular weight excluding hydrogens is 271 g/mol. The SMILES string of the molecule is CCCCC(O)(c1cc(C)c(N)cc1OC)C(F)(F)F. The Morgan fingerprint density at radius 2 is 1.90 bits per heavy atom. The third-order valence-corrected chi connectivity index (χ3v) is 3.39. The lowest BCUT2D eigenvalue weighted by molar-refractivity contribution is -0.270. The van der Waals surface area contributed by atoms with Crippen molar-refractivity contribution in [1.82, 2.24) is 0 Å². The van der Waals surface area contributed by atoms with E-state index in [1.165, 1.54) is 19.2 Å². The average Bonchev–Trinajstić information content (AvgIpc) is 2.37. The van der Waals surface area contributed by atoms with Gasteiger partial charge in [0.15, 0.2) is 5.60 Å². The summed E-state index contributed by atoms with van der Waals surface area (Å²) in [6, 6.07) is 2.56. The summed E-state index contributed by atoms with van der Waals surface area (Å²) in [6.45, 7) is 3.36. The maximum atomic E-state index is 13.3. The van der Waals surface area contributed by atoms with Crippen LogP contribution < -0.4 is 10.5 Å². The molecule has 1 aromatic carbocycles. The molecule has 0 amide bonds. The number of ether oxygens (including phenoxy) is 1. The van der Waals surface area contributed by atoms with Crippen LogP contribution in [0.25, 0.3) is 0 Å². The lowest BCUT2D eigenvalue weighted by Gasteiger charge is -2.32. The van der Waals surface area contributed by atoms with Gasteiger partial charge in [0.05, 0.1) is 7.11 Å². The van der Waals surface area contributed by atoms with E-state index in [9.17, 15) is 18.3 Å². The van der Waals surface area contributed by atoms with Crippen molar-refractivity contribution >= 4 is 5.69 Å². The van der Waals surface area contributed by atoms with Crippen LogP contribution in [-0.4, -0.2) is 18.4 Å². The summed E-state index contributed by atoms with van der Waals surface area (Å²) in [5.41, 5.74) is 3.26. The van der Waals surface area contributed by atoms with Gasteiger partial charge in [0.2, 0.25) is 0 Å². The molecule has 0 spiro atoms. The van der Waals surface area contributed by atoms with Gasteiger partial charge in [0.1, 0.15) is 5.75 Å². The maximum absolute atomic E-state index is 13.3. The van der Waals surface area contributed by atoms with E-state index in [1.807, 2.05) is 0 Å². The minimum Gasteiger partial charge on any atom is -0.496 e. The third-order valence-electron chi connectivity index (χ3n) is 3.39. The van der Waals surface area contributed by atoms with Gasteiger partial charge < -0.3 is 15.6 Å². The van der Waals surface area contributed by atoms with Crippen molar-refractivity contribution < 1.29 is 23.0 Å². The monoisotopic (exact) mass is 291 g/mol. The number of alkyl halides is 3. The zero-order valence-electron chi connectivity index (χ0n) is 11.8. The van der Waals surface area contributed by atoms with Crippen molar-refractivity contribution in [3.8, 4) is 5.75 Å². The molecule has 114 valence electrons. The molecule has 0 aliphatic heterocycles. The quantitative estimate of drug-likeness (QED) is 0.816. The largest absolute Gasteiger partial charge is 0.496 e. The number of aliphatic hydroxyl groups is 1. The Morgan fingerprint density at radius 1 is 1.30 bits per heavy atom. The number of hydrogen-bond donors (Lipinski definition) is 2. The van der Waals surface area contributed by atoms with Crippen molar-refractivity contribution in [1.29, 1.82) is 0 Å². The van der Waals surface area contributed by atoms with Crippen LogP contribution in [0.2, 0.25) is 0 Å². The van der Waals surface area contributed by atoms with Crippen LogP contribution in [0.15, 0.2) is 12.1 Å². The number of rotatable bonds is 5. The van der Waals surface area contributed by atoms with Crippen LogP contribution in [0.3, 0.4) is 0 Å². The highest BCUT2D eigenvalue weighted by Gasteiger charge is 2.55. The van der Waals surface area contributed by atoms with E-state index in [4.69, 9.17) is 10.5 Å². The molecule has 0 heterocycles. The molecule has 0 aliphatic rings. The van der Waals surface area contributed by atoms with Gasteiger partial charge in [0.25, 0.3) is 0 Å². The number of nitrogen functional groups attached to an aromatic ring is 1. The molecule has 0 aliphatic carbocycles. The average molecular weight is 291 g/mol. The van der Waals surface area contributed by atoms with E-state index >= 15 is 0 Å². The first-order chi connectivity index (χ1) is 9.17. The third kappa shape index (κ3) is 3.00. The van der Waals surface area contributed by atoms with E-state index in [1.54, 1.807) is 13.8 Å². The molecule has 6 heteroatoms. The van der Waals surface area contributed by atoms with Crippen LogP contribution in [0.5, 0.6) is 5.75 Å². The van der Waals surface area contributed by atoms with Gasteiger partial charge in [-0.2, -0.15) is 13.2 Å². The second kappa shape index (κ2) is 5.91. The van der Waals surface area contributed by atoms with Gasteiger partial charge in [-0.3, -0.25) is 0 Å². The number of halogens is 3. The number of nitrogens with two attached hydrogens (primary N) is 1. The summed E-state index contributed by atoms with van der Waals surface area (Å²) in [5, 5.41) is 10.2. The first kappa shape index (κ1) is 16.6. The minimum absolute atomic E-state index is 0.0518. The molecule has 1 rings (SSSR count). The molecule has 0 aromatic heterocycles. The number of benzene rings is 1. The van der Waals surface area contributed by atoms with E-state index in [2.05, 4.69) is 0 Å².